The number of aromatic nitrogens is 2. The molecule has 7 nitrogen and oxygen atoms in total. The molecule has 0 amide bonds. The Balaban J connectivity index is 2.24. The molecule has 3 aromatic rings. The molecule has 0 aliphatic carbocycles. The highest BCUT2D eigenvalue weighted by Crippen LogP contribution is 2.23. The molecule has 0 atom stereocenters. The van der Waals surface area contributed by atoms with Gasteiger partial charge >= 0.3 is 5.97 Å². The standard InChI is InChI=1S/C19H13N3O4/c1-25-19(24)13(12-20)11-15-17(26-14-7-3-2-4-8-14)21-16-9-5-6-10-22(16)18(15)23/h2-11H,1H3. The van der Waals surface area contributed by atoms with E-state index < -0.39 is 11.5 Å². The first-order chi connectivity index (χ1) is 12.6. The van der Waals surface area contributed by atoms with Gasteiger partial charge in [-0.2, -0.15) is 10.2 Å². The lowest BCUT2D eigenvalue weighted by atomic mass is 10.2. The predicted octanol–water partition coefficient (Wildman–Crippen LogP) is 2.57. The second-order valence-corrected chi connectivity index (χ2v) is 5.14. The van der Waals surface area contributed by atoms with Gasteiger partial charge in [0, 0.05) is 6.20 Å². The zero-order valence-corrected chi connectivity index (χ0v) is 13.7. The maximum Gasteiger partial charge on any atom is 0.348 e. The number of rotatable bonds is 4. The van der Waals surface area contributed by atoms with E-state index in [1.54, 1.807) is 54.7 Å². The smallest absolute Gasteiger partial charge is 0.348 e. The first-order valence-corrected chi connectivity index (χ1v) is 7.58. The van der Waals surface area contributed by atoms with Crippen molar-refractivity contribution in [3.05, 3.63) is 76.2 Å². The fourth-order valence-corrected chi connectivity index (χ4v) is 2.28. The number of hydrogen-bond donors (Lipinski definition) is 0. The molecule has 0 aliphatic heterocycles. The molecule has 2 aromatic heterocycles. The maximum atomic E-state index is 12.8. The van der Waals surface area contributed by atoms with E-state index in [2.05, 4.69) is 9.72 Å². The van der Waals surface area contributed by atoms with Gasteiger partial charge in [-0.25, -0.2) is 4.79 Å². The molecule has 0 radical (unpaired) electrons. The van der Waals surface area contributed by atoms with Crippen LogP contribution in [-0.2, 0) is 9.53 Å². The van der Waals surface area contributed by atoms with Crippen LogP contribution in [0.2, 0.25) is 0 Å². The first kappa shape index (κ1) is 16.9. The summed E-state index contributed by atoms with van der Waals surface area (Å²) in [6.07, 6.45) is 2.66. The number of para-hydroxylation sites is 1. The lowest BCUT2D eigenvalue weighted by Gasteiger charge is -2.10. The molecule has 0 unspecified atom stereocenters. The van der Waals surface area contributed by atoms with E-state index in [1.807, 2.05) is 6.07 Å². The van der Waals surface area contributed by atoms with Crippen molar-refractivity contribution in [1.82, 2.24) is 9.38 Å². The second kappa shape index (κ2) is 7.32. The lowest BCUT2D eigenvalue weighted by molar-refractivity contribution is -0.135. The van der Waals surface area contributed by atoms with Gasteiger partial charge in [0.25, 0.3) is 5.56 Å². The predicted molar refractivity (Wildman–Crippen MR) is 93.6 cm³/mol. The highest BCUT2D eigenvalue weighted by molar-refractivity contribution is 5.98. The van der Waals surface area contributed by atoms with E-state index in [9.17, 15) is 14.9 Å². The third-order valence-corrected chi connectivity index (χ3v) is 3.51. The lowest BCUT2D eigenvalue weighted by Crippen LogP contribution is -2.19. The molecule has 0 bridgehead atoms. The fourth-order valence-electron chi connectivity index (χ4n) is 2.28. The summed E-state index contributed by atoms with van der Waals surface area (Å²) in [6, 6.07) is 15.6. The Kier molecular flexibility index (Phi) is 4.76. The van der Waals surface area contributed by atoms with Crippen LogP contribution in [-0.4, -0.2) is 22.5 Å². The summed E-state index contributed by atoms with van der Waals surface area (Å²) in [7, 11) is 1.15. The molecular formula is C19H13N3O4. The van der Waals surface area contributed by atoms with Gasteiger partial charge in [-0.1, -0.05) is 24.3 Å². The molecule has 0 saturated carbocycles. The maximum absolute atomic E-state index is 12.8. The van der Waals surface area contributed by atoms with Gasteiger partial charge < -0.3 is 9.47 Å². The monoisotopic (exact) mass is 347 g/mol. The van der Waals surface area contributed by atoms with Gasteiger partial charge in [0.05, 0.1) is 7.11 Å². The van der Waals surface area contributed by atoms with Gasteiger partial charge in [-0.05, 0) is 30.3 Å². The Hall–Kier alpha value is -3.92. The molecule has 26 heavy (non-hydrogen) atoms. The summed E-state index contributed by atoms with van der Waals surface area (Å²) >= 11 is 0. The Bertz CT molecular complexity index is 1100. The van der Waals surface area contributed by atoms with Crippen molar-refractivity contribution in [2.24, 2.45) is 0 Å². The average molecular weight is 347 g/mol. The van der Waals surface area contributed by atoms with E-state index in [4.69, 9.17) is 4.74 Å². The van der Waals surface area contributed by atoms with Crippen LogP contribution in [0.4, 0.5) is 0 Å². The number of fused-ring (bicyclic) bond motifs is 1. The Morgan fingerprint density at radius 3 is 2.62 bits per heavy atom. The Labute approximate surface area is 148 Å². The molecule has 0 saturated heterocycles. The normalized spacial score (nSPS) is 11.0. The van der Waals surface area contributed by atoms with Crippen LogP contribution in [0.25, 0.3) is 11.7 Å². The summed E-state index contributed by atoms with van der Waals surface area (Å²) in [5.74, 6) is -0.398. The number of benzene rings is 1. The summed E-state index contributed by atoms with van der Waals surface area (Å²) in [4.78, 5) is 28.9. The van der Waals surface area contributed by atoms with E-state index in [-0.39, 0.29) is 17.0 Å². The highest BCUT2D eigenvalue weighted by Gasteiger charge is 2.17. The Morgan fingerprint density at radius 2 is 1.92 bits per heavy atom. The molecule has 7 heteroatoms. The summed E-state index contributed by atoms with van der Waals surface area (Å²) in [5, 5.41) is 9.18. The van der Waals surface area contributed by atoms with Crippen molar-refractivity contribution in [3.63, 3.8) is 0 Å². The molecular weight excluding hydrogens is 334 g/mol. The van der Waals surface area contributed by atoms with Crippen LogP contribution in [0.1, 0.15) is 5.56 Å². The summed E-state index contributed by atoms with van der Waals surface area (Å²) < 4.78 is 11.6. The number of carbonyl (C=O) groups is 1. The molecule has 0 spiro atoms. The fraction of sp³-hybridized carbons (Fsp3) is 0.0526. The van der Waals surface area contributed by atoms with E-state index in [0.29, 0.717) is 11.4 Å². The van der Waals surface area contributed by atoms with Gasteiger partial charge in [-0.3, -0.25) is 9.20 Å². The number of ether oxygens (including phenoxy) is 2. The minimum absolute atomic E-state index is 0.0101. The van der Waals surface area contributed by atoms with Crippen molar-refractivity contribution in [3.8, 4) is 17.7 Å². The number of methoxy groups -OCH3 is 1. The third-order valence-electron chi connectivity index (χ3n) is 3.51. The number of nitriles is 1. The minimum Gasteiger partial charge on any atom is -0.465 e. The zero-order valence-electron chi connectivity index (χ0n) is 13.7. The van der Waals surface area contributed by atoms with Crippen LogP contribution in [0.15, 0.2) is 65.1 Å². The minimum atomic E-state index is -0.851. The molecule has 0 aliphatic rings. The van der Waals surface area contributed by atoms with Gasteiger partial charge in [0.1, 0.15) is 28.6 Å². The third kappa shape index (κ3) is 3.30. The number of pyridine rings is 1. The van der Waals surface area contributed by atoms with E-state index in [0.717, 1.165) is 13.2 Å². The highest BCUT2D eigenvalue weighted by atomic mass is 16.5. The first-order valence-electron chi connectivity index (χ1n) is 7.58. The number of hydrogen-bond acceptors (Lipinski definition) is 6. The van der Waals surface area contributed by atoms with Crippen LogP contribution >= 0.6 is 0 Å². The van der Waals surface area contributed by atoms with Crippen molar-refractivity contribution >= 4 is 17.7 Å². The van der Waals surface area contributed by atoms with Crippen molar-refractivity contribution in [2.75, 3.05) is 7.11 Å². The van der Waals surface area contributed by atoms with Crippen LogP contribution in [0, 0.1) is 11.3 Å². The van der Waals surface area contributed by atoms with E-state index in [1.165, 1.54) is 4.40 Å². The topological polar surface area (TPSA) is 93.7 Å². The van der Waals surface area contributed by atoms with Crippen molar-refractivity contribution < 1.29 is 14.3 Å². The Morgan fingerprint density at radius 1 is 1.19 bits per heavy atom. The van der Waals surface area contributed by atoms with Gasteiger partial charge in [-0.15, -0.1) is 0 Å². The van der Waals surface area contributed by atoms with Crippen molar-refractivity contribution in [2.45, 2.75) is 0 Å². The molecule has 0 N–H and O–H groups in total. The number of esters is 1. The summed E-state index contributed by atoms with van der Waals surface area (Å²) in [5.41, 5.74) is -0.463. The molecule has 2 heterocycles. The van der Waals surface area contributed by atoms with E-state index >= 15 is 0 Å². The van der Waals surface area contributed by atoms with Gasteiger partial charge in [0.15, 0.2) is 0 Å². The quantitative estimate of drug-likeness (QED) is 0.409. The molecule has 128 valence electrons. The van der Waals surface area contributed by atoms with Crippen LogP contribution in [0.5, 0.6) is 11.6 Å². The second-order valence-electron chi connectivity index (χ2n) is 5.14. The molecule has 3 rings (SSSR count). The largest absolute Gasteiger partial charge is 0.465 e. The van der Waals surface area contributed by atoms with Crippen molar-refractivity contribution in [1.29, 1.82) is 5.26 Å². The SMILES string of the molecule is COC(=O)C(C#N)=Cc1c(Oc2ccccc2)nc2ccccn2c1=O. The number of carbonyl (C=O) groups excluding carboxylic acids is 1. The summed E-state index contributed by atoms with van der Waals surface area (Å²) in [6.45, 7) is 0. The van der Waals surface area contributed by atoms with Crippen LogP contribution in [0.3, 0.4) is 0 Å². The zero-order chi connectivity index (χ0) is 18.5. The number of nitrogens with zero attached hydrogens (tertiary/aromatic N) is 3. The molecule has 1 aromatic carbocycles. The van der Waals surface area contributed by atoms with Crippen LogP contribution < -0.4 is 10.3 Å². The average Bonchev–Trinajstić information content (AvgIpc) is 2.68. The van der Waals surface area contributed by atoms with Gasteiger partial charge in [0.2, 0.25) is 5.88 Å². The molecule has 0 fully saturated rings.